The van der Waals surface area contributed by atoms with Gasteiger partial charge in [0.1, 0.15) is 0 Å². The highest BCUT2D eigenvalue weighted by Crippen LogP contribution is 2.35. The largest absolute Gasteiger partial charge is 0.0587 e. The van der Waals surface area contributed by atoms with Crippen molar-refractivity contribution in [2.45, 2.75) is 41.5 Å². The highest BCUT2D eigenvalue weighted by Gasteiger charge is 2.14. The van der Waals surface area contributed by atoms with Crippen LogP contribution in [0.5, 0.6) is 0 Å². The molecule has 0 aliphatic heterocycles. The third-order valence-electron chi connectivity index (χ3n) is 5.28. The number of fused-ring (bicyclic) bond motifs is 1. The van der Waals surface area contributed by atoms with Crippen molar-refractivity contribution < 1.29 is 0 Å². The van der Waals surface area contributed by atoms with Gasteiger partial charge >= 0.3 is 0 Å². The summed E-state index contributed by atoms with van der Waals surface area (Å²) in [5, 5.41) is 2.64. The minimum Gasteiger partial charge on any atom is -0.0587 e. The van der Waals surface area contributed by atoms with Gasteiger partial charge in [-0.2, -0.15) is 0 Å². The van der Waals surface area contributed by atoms with E-state index in [0.717, 1.165) is 0 Å². The Balaban J connectivity index is 2.30. The average molecular weight is 288 g/mol. The monoisotopic (exact) mass is 288 g/mol. The molecule has 3 aromatic rings. The lowest BCUT2D eigenvalue weighted by atomic mass is 9.86. The van der Waals surface area contributed by atoms with Crippen LogP contribution in [0.3, 0.4) is 0 Å². The highest BCUT2D eigenvalue weighted by molar-refractivity contribution is 5.89. The summed E-state index contributed by atoms with van der Waals surface area (Å²) in [5.41, 5.74) is 11.1. The topological polar surface area (TPSA) is 0 Å². The van der Waals surface area contributed by atoms with Crippen molar-refractivity contribution in [3.63, 3.8) is 0 Å². The zero-order chi connectivity index (χ0) is 16.0. The number of hydrogen-bond acceptors (Lipinski definition) is 0. The van der Waals surface area contributed by atoms with E-state index >= 15 is 0 Å². The van der Waals surface area contributed by atoms with Crippen molar-refractivity contribution in [3.8, 4) is 11.1 Å². The molecule has 0 amide bonds. The van der Waals surface area contributed by atoms with Gasteiger partial charge in [-0.3, -0.25) is 0 Å². The molecule has 0 heteroatoms. The Labute approximate surface area is 133 Å². The zero-order valence-electron chi connectivity index (χ0n) is 14.5. The summed E-state index contributed by atoms with van der Waals surface area (Å²) in [6.45, 7) is 13.4. The molecular weight excluding hydrogens is 264 g/mol. The van der Waals surface area contributed by atoms with Crippen LogP contribution in [-0.4, -0.2) is 0 Å². The smallest absolute Gasteiger partial charge is 0.0120 e. The van der Waals surface area contributed by atoms with Gasteiger partial charge in [0.15, 0.2) is 0 Å². The zero-order valence-corrected chi connectivity index (χ0v) is 14.5. The summed E-state index contributed by atoms with van der Waals surface area (Å²) in [7, 11) is 0. The van der Waals surface area contributed by atoms with Crippen LogP contribution in [0.15, 0.2) is 36.4 Å². The summed E-state index contributed by atoms with van der Waals surface area (Å²) in [6.07, 6.45) is 0. The lowest BCUT2D eigenvalue weighted by Gasteiger charge is -2.19. The van der Waals surface area contributed by atoms with E-state index in [2.05, 4.69) is 77.9 Å². The van der Waals surface area contributed by atoms with E-state index in [9.17, 15) is 0 Å². The van der Waals surface area contributed by atoms with E-state index in [0.29, 0.717) is 0 Å². The molecule has 0 radical (unpaired) electrons. The van der Waals surface area contributed by atoms with Gasteiger partial charge in [0.25, 0.3) is 0 Å². The van der Waals surface area contributed by atoms with Crippen LogP contribution in [0.25, 0.3) is 21.9 Å². The standard InChI is InChI=1S/C22H24/c1-13-7-8-20-12-21(10-9-19(20)11-13)22-17(5)15(3)14(2)16(4)18(22)6/h7-12H,1-6H3. The minimum atomic E-state index is 1.31. The van der Waals surface area contributed by atoms with Crippen molar-refractivity contribution in [2.75, 3.05) is 0 Å². The first kappa shape index (κ1) is 14.8. The fraction of sp³-hybridized carbons (Fsp3) is 0.273. The van der Waals surface area contributed by atoms with Gasteiger partial charge in [-0.1, -0.05) is 35.9 Å². The van der Waals surface area contributed by atoms with Gasteiger partial charge in [0, 0.05) is 0 Å². The molecule has 0 spiro atoms. The fourth-order valence-electron chi connectivity index (χ4n) is 3.45. The number of hydrogen-bond donors (Lipinski definition) is 0. The second kappa shape index (κ2) is 5.28. The van der Waals surface area contributed by atoms with Gasteiger partial charge in [0.05, 0.1) is 0 Å². The molecule has 0 N–H and O–H groups in total. The average Bonchev–Trinajstić information content (AvgIpc) is 2.51. The normalized spacial score (nSPS) is 11.2. The van der Waals surface area contributed by atoms with E-state index in [1.807, 2.05) is 0 Å². The number of rotatable bonds is 1. The molecule has 0 saturated heterocycles. The maximum Gasteiger partial charge on any atom is -0.0120 e. The van der Waals surface area contributed by atoms with Gasteiger partial charge < -0.3 is 0 Å². The summed E-state index contributed by atoms with van der Waals surface area (Å²) >= 11 is 0. The summed E-state index contributed by atoms with van der Waals surface area (Å²) in [6, 6.07) is 13.5. The summed E-state index contributed by atoms with van der Waals surface area (Å²) in [5.74, 6) is 0. The predicted octanol–water partition coefficient (Wildman–Crippen LogP) is 6.36. The van der Waals surface area contributed by atoms with Crippen molar-refractivity contribution in [3.05, 3.63) is 69.8 Å². The van der Waals surface area contributed by atoms with E-state index in [4.69, 9.17) is 0 Å². The molecule has 0 nitrogen and oxygen atoms in total. The highest BCUT2D eigenvalue weighted by atomic mass is 14.2. The van der Waals surface area contributed by atoms with Gasteiger partial charge in [-0.15, -0.1) is 0 Å². The van der Waals surface area contributed by atoms with Gasteiger partial charge in [0.2, 0.25) is 0 Å². The maximum atomic E-state index is 2.33. The Morgan fingerprint density at radius 1 is 0.500 bits per heavy atom. The van der Waals surface area contributed by atoms with Gasteiger partial charge in [-0.25, -0.2) is 0 Å². The second-order valence-electron chi connectivity index (χ2n) is 6.57. The van der Waals surface area contributed by atoms with Crippen LogP contribution in [-0.2, 0) is 0 Å². The molecule has 0 aliphatic carbocycles. The molecule has 0 fully saturated rings. The Morgan fingerprint density at radius 2 is 1.00 bits per heavy atom. The van der Waals surface area contributed by atoms with E-state index in [1.165, 1.54) is 55.3 Å². The van der Waals surface area contributed by atoms with Crippen LogP contribution >= 0.6 is 0 Å². The molecule has 3 rings (SSSR count). The van der Waals surface area contributed by atoms with Crippen molar-refractivity contribution in [2.24, 2.45) is 0 Å². The Bertz CT molecular complexity index is 853. The molecule has 0 heterocycles. The number of aryl methyl sites for hydroxylation is 1. The minimum absolute atomic E-state index is 1.31. The molecular formula is C22H24. The summed E-state index contributed by atoms with van der Waals surface area (Å²) < 4.78 is 0. The van der Waals surface area contributed by atoms with Crippen LogP contribution < -0.4 is 0 Å². The van der Waals surface area contributed by atoms with E-state index in [-0.39, 0.29) is 0 Å². The lowest BCUT2D eigenvalue weighted by Crippen LogP contribution is -1.99. The molecule has 0 saturated carbocycles. The van der Waals surface area contributed by atoms with E-state index in [1.54, 1.807) is 0 Å². The molecule has 0 bridgehead atoms. The number of benzene rings is 3. The first-order valence-electron chi connectivity index (χ1n) is 7.98. The third-order valence-corrected chi connectivity index (χ3v) is 5.28. The first-order valence-corrected chi connectivity index (χ1v) is 7.98. The van der Waals surface area contributed by atoms with Crippen LogP contribution in [0, 0.1) is 41.5 Å². The molecule has 3 aromatic carbocycles. The second-order valence-corrected chi connectivity index (χ2v) is 6.57. The maximum absolute atomic E-state index is 2.33. The Hall–Kier alpha value is -2.08. The molecule has 112 valence electrons. The van der Waals surface area contributed by atoms with E-state index < -0.39 is 0 Å². The summed E-state index contributed by atoms with van der Waals surface area (Å²) in [4.78, 5) is 0. The third kappa shape index (κ3) is 2.23. The molecule has 0 atom stereocenters. The fourth-order valence-corrected chi connectivity index (χ4v) is 3.45. The Kier molecular flexibility index (Phi) is 3.56. The van der Waals surface area contributed by atoms with Crippen molar-refractivity contribution in [1.29, 1.82) is 0 Å². The van der Waals surface area contributed by atoms with Crippen LogP contribution in [0.2, 0.25) is 0 Å². The lowest BCUT2D eigenvalue weighted by molar-refractivity contribution is 1.18. The molecule has 0 aliphatic rings. The molecule has 0 unspecified atom stereocenters. The Morgan fingerprint density at radius 3 is 1.64 bits per heavy atom. The van der Waals surface area contributed by atoms with Crippen molar-refractivity contribution >= 4 is 10.8 Å². The quantitative estimate of drug-likeness (QED) is 0.489. The molecule has 0 aromatic heterocycles. The molecule has 22 heavy (non-hydrogen) atoms. The van der Waals surface area contributed by atoms with Crippen LogP contribution in [0.1, 0.15) is 33.4 Å². The predicted molar refractivity (Wildman–Crippen MR) is 97.8 cm³/mol. The van der Waals surface area contributed by atoms with Crippen molar-refractivity contribution in [1.82, 2.24) is 0 Å². The van der Waals surface area contributed by atoms with Gasteiger partial charge in [-0.05, 0) is 97.3 Å². The first-order chi connectivity index (χ1) is 10.4. The SMILES string of the molecule is Cc1ccc2cc(-c3c(C)c(C)c(C)c(C)c3C)ccc2c1. The van der Waals surface area contributed by atoms with Crippen LogP contribution in [0.4, 0.5) is 0 Å².